The van der Waals surface area contributed by atoms with Crippen molar-refractivity contribution in [1.82, 2.24) is 4.90 Å². The number of aliphatic hydroxyl groups is 3. The molecule has 38 heavy (non-hydrogen) atoms. The van der Waals surface area contributed by atoms with Crippen molar-refractivity contribution in [3.8, 4) is 0 Å². The van der Waals surface area contributed by atoms with Crippen LogP contribution < -0.4 is 10.2 Å². The molecule has 0 aliphatic carbocycles. The Morgan fingerprint density at radius 2 is 1.95 bits per heavy atom. The Morgan fingerprint density at radius 3 is 2.68 bits per heavy atom. The Morgan fingerprint density at radius 1 is 1.18 bits per heavy atom. The molecule has 3 amide bonds. The fraction of sp³-hybridized carbons (Fsp3) is 0.414. The Kier molecular flexibility index (Phi) is 8.30. The molecule has 0 saturated carbocycles. The van der Waals surface area contributed by atoms with Crippen LogP contribution in [-0.2, 0) is 26.5 Å². The molecule has 4 N–H and O–H groups in total. The van der Waals surface area contributed by atoms with Crippen molar-refractivity contribution in [2.24, 2.45) is 5.92 Å². The minimum absolute atomic E-state index is 0.0530. The average Bonchev–Trinajstić information content (AvgIpc) is 3.47. The topological polar surface area (TPSA) is 130 Å². The smallest absolute Gasteiger partial charge is 0.264 e. The summed E-state index contributed by atoms with van der Waals surface area (Å²) in [6, 6.07) is 13.9. The minimum Gasteiger partial charge on any atom is -0.394 e. The number of benzene rings is 2. The number of amides is 3. The third-order valence-electron chi connectivity index (χ3n) is 7.38. The molecular weight excluding hydrogens is 486 g/mol. The van der Waals surface area contributed by atoms with Crippen LogP contribution in [0.5, 0.6) is 0 Å². The molecule has 2 aromatic rings. The fourth-order valence-corrected chi connectivity index (χ4v) is 5.22. The van der Waals surface area contributed by atoms with E-state index in [1.807, 2.05) is 6.07 Å². The molecule has 0 spiro atoms. The van der Waals surface area contributed by atoms with Gasteiger partial charge in [0.1, 0.15) is 6.10 Å². The number of likely N-dealkylation sites (tertiary alicyclic amines) is 1. The summed E-state index contributed by atoms with van der Waals surface area (Å²) >= 11 is 0. The van der Waals surface area contributed by atoms with E-state index in [-0.39, 0.29) is 31.5 Å². The number of fused-ring (bicyclic) bond motifs is 1. The predicted octanol–water partition coefficient (Wildman–Crippen LogP) is 2.31. The van der Waals surface area contributed by atoms with Gasteiger partial charge >= 0.3 is 0 Å². The summed E-state index contributed by atoms with van der Waals surface area (Å²) in [5.41, 5.74) is 0.504. The van der Waals surface area contributed by atoms with Gasteiger partial charge < -0.3 is 30.4 Å². The molecule has 4 atom stereocenters. The third-order valence-corrected chi connectivity index (χ3v) is 7.38. The molecule has 0 unspecified atom stereocenters. The van der Waals surface area contributed by atoms with Crippen molar-refractivity contribution in [3.05, 3.63) is 71.8 Å². The van der Waals surface area contributed by atoms with Crippen LogP contribution in [0.25, 0.3) is 0 Å². The highest BCUT2D eigenvalue weighted by atomic mass is 16.3. The zero-order chi connectivity index (χ0) is 27.4. The molecule has 2 aromatic carbocycles. The second-order valence-electron chi connectivity index (χ2n) is 10.0. The number of hydrogen-bond donors (Lipinski definition) is 4. The van der Waals surface area contributed by atoms with Crippen LogP contribution in [-0.4, -0.2) is 63.2 Å². The molecule has 2 aliphatic rings. The van der Waals surface area contributed by atoms with Gasteiger partial charge in [-0.15, -0.1) is 0 Å². The van der Waals surface area contributed by atoms with Crippen LogP contribution in [0.2, 0.25) is 0 Å². The number of para-hydroxylation sites is 1. The number of nitrogens with one attached hydrogen (secondary N) is 1. The van der Waals surface area contributed by atoms with Gasteiger partial charge in [-0.05, 0) is 43.5 Å². The van der Waals surface area contributed by atoms with Crippen LogP contribution in [0.4, 0.5) is 11.4 Å². The van der Waals surface area contributed by atoms with Crippen LogP contribution in [0, 0.1) is 5.92 Å². The van der Waals surface area contributed by atoms with Gasteiger partial charge in [-0.3, -0.25) is 14.4 Å². The maximum absolute atomic E-state index is 13.7. The van der Waals surface area contributed by atoms with E-state index in [9.17, 15) is 29.7 Å². The number of anilines is 2. The lowest BCUT2D eigenvalue weighted by atomic mass is 9.83. The highest BCUT2D eigenvalue weighted by molar-refractivity contribution is 6.07. The quantitative estimate of drug-likeness (QED) is 0.375. The molecule has 2 aliphatic heterocycles. The van der Waals surface area contributed by atoms with Gasteiger partial charge in [0.05, 0.1) is 24.9 Å². The van der Waals surface area contributed by atoms with Crippen LogP contribution in [0.3, 0.4) is 0 Å². The van der Waals surface area contributed by atoms with Crippen molar-refractivity contribution in [3.63, 3.8) is 0 Å². The highest BCUT2D eigenvalue weighted by Crippen LogP contribution is 2.45. The van der Waals surface area contributed by atoms with Crippen molar-refractivity contribution in [2.75, 3.05) is 23.4 Å². The summed E-state index contributed by atoms with van der Waals surface area (Å²) in [5, 5.41) is 33.4. The summed E-state index contributed by atoms with van der Waals surface area (Å²) in [5.74, 6) is -1.70. The first-order valence-corrected chi connectivity index (χ1v) is 13.0. The molecule has 9 heteroatoms. The van der Waals surface area contributed by atoms with E-state index in [4.69, 9.17) is 0 Å². The van der Waals surface area contributed by atoms with Gasteiger partial charge in [0.25, 0.3) is 11.8 Å². The Hall–Kier alpha value is -3.53. The third kappa shape index (κ3) is 5.36. The van der Waals surface area contributed by atoms with Crippen molar-refractivity contribution in [1.29, 1.82) is 0 Å². The summed E-state index contributed by atoms with van der Waals surface area (Å²) in [6.45, 7) is 3.87. The second-order valence-corrected chi connectivity index (χ2v) is 10.0. The van der Waals surface area contributed by atoms with Crippen molar-refractivity contribution in [2.45, 2.75) is 57.4 Å². The SMILES string of the molecule is C[C@H](O)C(=O)Nc1cccc(CN2C(=O)[C@](O)([C@H](C)/C=C/CC(=O)N3CCC[C@H]3CO)c3ccccc32)c1. The molecule has 0 bridgehead atoms. The molecule has 4 rings (SSSR count). The Labute approximate surface area is 222 Å². The van der Waals surface area contributed by atoms with Gasteiger partial charge in [-0.1, -0.05) is 49.4 Å². The number of aliphatic hydroxyl groups excluding tert-OH is 2. The largest absolute Gasteiger partial charge is 0.394 e. The number of carbonyl (C=O) groups excluding carboxylic acids is 3. The lowest BCUT2D eigenvalue weighted by molar-refractivity contribution is -0.139. The average molecular weight is 522 g/mol. The highest BCUT2D eigenvalue weighted by Gasteiger charge is 2.52. The van der Waals surface area contributed by atoms with Crippen LogP contribution >= 0.6 is 0 Å². The van der Waals surface area contributed by atoms with Gasteiger partial charge in [-0.25, -0.2) is 0 Å². The zero-order valence-corrected chi connectivity index (χ0v) is 21.7. The van der Waals surface area contributed by atoms with Gasteiger partial charge in [0.2, 0.25) is 5.91 Å². The summed E-state index contributed by atoms with van der Waals surface area (Å²) in [7, 11) is 0. The molecule has 1 saturated heterocycles. The molecule has 0 radical (unpaired) electrons. The van der Waals surface area contributed by atoms with Gasteiger partial charge in [0.15, 0.2) is 5.60 Å². The molecule has 0 aromatic heterocycles. The van der Waals surface area contributed by atoms with Crippen molar-refractivity contribution < 1.29 is 29.7 Å². The van der Waals surface area contributed by atoms with Crippen LogP contribution in [0.15, 0.2) is 60.7 Å². The molecule has 2 heterocycles. The Balaban J connectivity index is 1.51. The summed E-state index contributed by atoms with van der Waals surface area (Å²) < 4.78 is 0. The van der Waals surface area contributed by atoms with Gasteiger partial charge in [0, 0.05) is 30.1 Å². The fourth-order valence-electron chi connectivity index (χ4n) is 5.22. The predicted molar refractivity (Wildman–Crippen MR) is 143 cm³/mol. The minimum atomic E-state index is -1.81. The number of nitrogens with zero attached hydrogens (tertiary/aromatic N) is 2. The first kappa shape index (κ1) is 27.5. The maximum Gasteiger partial charge on any atom is 0.264 e. The van der Waals surface area contributed by atoms with E-state index < -0.39 is 29.4 Å². The summed E-state index contributed by atoms with van der Waals surface area (Å²) in [4.78, 5) is 41.4. The molecule has 9 nitrogen and oxygen atoms in total. The van der Waals surface area contributed by atoms with E-state index in [0.29, 0.717) is 23.5 Å². The van der Waals surface area contributed by atoms with E-state index in [0.717, 1.165) is 18.4 Å². The van der Waals surface area contributed by atoms with E-state index in [1.54, 1.807) is 66.4 Å². The monoisotopic (exact) mass is 521 g/mol. The van der Waals surface area contributed by atoms with E-state index in [1.165, 1.54) is 11.8 Å². The number of rotatable bonds is 9. The zero-order valence-electron chi connectivity index (χ0n) is 21.7. The van der Waals surface area contributed by atoms with Crippen molar-refractivity contribution >= 4 is 29.1 Å². The first-order valence-electron chi connectivity index (χ1n) is 13.0. The Bertz CT molecular complexity index is 1230. The van der Waals surface area contributed by atoms with E-state index in [2.05, 4.69) is 5.32 Å². The standard InChI is InChI=1S/C29H35N3O6/c1-19(8-5-14-26(35)31-15-7-11-23(31)18-33)29(38)24-12-3-4-13-25(24)32(28(29)37)17-21-9-6-10-22(16-21)30-27(36)20(2)34/h3-6,8-10,12-13,16,19-20,23,33-34,38H,7,11,14-15,17-18H2,1-2H3,(H,30,36)/b8-5+/t19-,20+,23+,29+/m1/s1. The first-order chi connectivity index (χ1) is 18.2. The maximum atomic E-state index is 13.7. The molecule has 202 valence electrons. The van der Waals surface area contributed by atoms with Gasteiger partial charge in [-0.2, -0.15) is 0 Å². The molecule has 1 fully saturated rings. The summed E-state index contributed by atoms with van der Waals surface area (Å²) in [6.07, 6.45) is 4.02. The normalized spacial score (nSPS) is 22.6. The number of hydrogen-bond acceptors (Lipinski definition) is 6. The second kappa shape index (κ2) is 11.5. The van der Waals surface area contributed by atoms with Crippen LogP contribution in [0.1, 0.15) is 44.2 Å². The number of carbonyl (C=O) groups is 3. The molecular formula is C29H35N3O6. The lowest BCUT2D eigenvalue weighted by Gasteiger charge is -2.28. The van der Waals surface area contributed by atoms with E-state index >= 15 is 0 Å². The lowest BCUT2D eigenvalue weighted by Crippen LogP contribution is -2.44.